The highest BCUT2D eigenvalue weighted by Crippen LogP contribution is 2.23. The largest absolute Gasteiger partial charge is 0.361 e. The number of nitrogens with one attached hydrogen (secondary N) is 1. The molecule has 3 rings (SSSR count). The van der Waals surface area contributed by atoms with Crippen molar-refractivity contribution in [2.24, 2.45) is 0 Å². The molecule has 3 aromatic rings. The van der Waals surface area contributed by atoms with E-state index in [1.807, 2.05) is 18.3 Å². The summed E-state index contributed by atoms with van der Waals surface area (Å²) in [7, 11) is 0. The third kappa shape index (κ3) is 0.872. The molecular formula is C12H8N. The highest BCUT2D eigenvalue weighted by molar-refractivity contribution is 6.06. The number of hydrogen-bond donors (Lipinski definition) is 1. The quantitative estimate of drug-likeness (QED) is 0.528. The maximum atomic E-state index is 3.20. The number of aromatic nitrogens is 1. The van der Waals surface area contributed by atoms with Crippen LogP contribution < -0.4 is 0 Å². The maximum absolute atomic E-state index is 3.20. The monoisotopic (exact) mass is 166 g/mol. The van der Waals surface area contributed by atoms with Gasteiger partial charge in [-0.25, -0.2) is 0 Å². The molecule has 1 heteroatoms. The Hall–Kier alpha value is -1.76. The van der Waals surface area contributed by atoms with Crippen molar-refractivity contribution in [1.29, 1.82) is 0 Å². The zero-order chi connectivity index (χ0) is 8.67. The number of H-pyrrole nitrogens is 1. The van der Waals surface area contributed by atoms with Gasteiger partial charge in [-0.05, 0) is 35.0 Å². The van der Waals surface area contributed by atoms with E-state index in [9.17, 15) is 0 Å². The zero-order valence-electron chi connectivity index (χ0n) is 7.04. The van der Waals surface area contributed by atoms with Crippen LogP contribution in [0.25, 0.3) is 21.7 Å². The van der Waals surface area contributed by atoms with E-state index in [0.717, 1.165) is 0 Å². The molecule has 0 unspecified atom stereocenters. The summed E-state index contributed by atoms with van der Waals surface area (Å²) in [5.74, 6) is 0. The number of fused-ring (bicyclic) bond motifs is 3. The number of aromatic amines is 1. The average Bonchev–Trinajstić information content (AvgIpc) is 2.65. The van der Waals surface area contributed by atoms with Crippen molar-refractivity contribution < 1.29 is 0 Å². The average molecular weight is 166 g/mol. The molecule has 0 atom stereocenters. The molecular weight excluding hydrogens is 158 g/mol. The first-order valence-corrected chi connectivity index (χ1v) is 4.31. The summed E-state index contributed by atoms with van der Waals surface area (Å²) in [6.45, 7) is 0. The molecule has 0 spiro atoms. The molecule has 0 aliphatic rings. The van der Waals surface area contributed by atoms with Crippen LogP contribution in [0.15, 0.2) is 42.6 Å². The fourth-order valence-electron chi connectivity index (χ4n) is 1.75. The lowest BCUT2D eigenvalue weighted by Crippen LogP contribution is -1.73. The number of rotatable bonds is 0. The summed E-state index contributed by atoms with van der Waals surface area (Å²) < 4.78 is 0. The van der Waals surface area contributed by atoms with Gasteiger partial charge in [-0.15, -0.1) is 0 Å². The molecule has 1 aromatic heterocycles. The van der Waals surface area contributed by atoms with Gasteiger partial charge in [0.1, 0.15) is 0 Å². The molecule has 1 heterocycles. The van der Waals surface area contributed by atoms with Crippen LogP contribution in [-0.2, 0) is 0 Å². The first kappa shape index (κ1) is 6.72. The Labute approximate surface area is 76.0 Å². The smallest absolute Gasteiger partial charge is 0.0460 e. The highest BCUT2D eigenvalue weighted by atomic mass is 14.7. The summed E-state index contributed by atoms with van der Waals surface area (Å²) in [4.78, 5) is 3.20. The van der Waals surface area contributed by atoms with Crippen LogP contribution in [0.4, 0.5) is 0 Å². The molecule has 0 aliphatic carbocycles. The first-order valence-electron chi connectivity index (χ1n) is 4.31. The summed E-state index contributed by atoms with van der Waals surface area (Å²) >= 11 is 0. The van der Waals surface area contributed by atoms with Crippen molar-refractivity contribution >= 4 is 21.7 Å². The molecule has 2 aromatic carbocycles. The minimum atomic E-state index is 1.19. The van der Waals surface area contributed by atoms with Gasteiger partial charge >= 0.3 is 0 Å². The van der Waals surface area contributed by atoms with Gasteiger partial charge in [-0.1, -0.05) is 18.2 Å². The lowest BCUT2D eigenvalue weighted by atomic mass is 10.1. The standard InChI is InChI=1S/C12H8N/c1-2-4-10-9(3-1)5-6-12-11(10)7-8-13-12/h2-8,13H. The van der Waals surface area contributed by atoms with Crippen LogP contribution in [-0.4, -0.2) is 4.98 Å². The molecule has 61 valence electrons. The van der Waals surface area contributed by atoms with Crippen LogP contribution in [0, 0.1) is 6.07 Å². The number of benzene rings is 2. The predicted octanol–water partition coefficient (Wildman–Crippen LogP) is 3.12. The van der Waals surface area contributed by atoms with E-state index in [-0.39, 0.29) is 0 Å². The maximum Gasteiger partial charge on any atom is 0.0460 e. The molecule has 1 N–H and O–H groups in total. The van der Waals surface area contributed by atoms with Gasteiger partial charge in [-0.3, -0.25) is 0 Å². The minimum absolute atomic E-state index is 1.19. The molecule has 0 amide bonds. The second-order valence-electron chi connectivity index (χ2n) is 3.15. The highest BCUT2D eigenvalue weighted by Gasteiger charge is 1.98. The fourth-order valence-corrected chi connectivity index (χ4v) is 1.75. The normalized spacial score (nSPS) is 11.1. The van der Waals surface area contributed by atoms with Crippen molar-refractivity contribution in [1.82, 2.24) is 4.98 Å². The summed E-state index contributed by atoms with van der Waals surface area (Å²) in [5.41, 5.74) is 1.19. The zero-order valence-corrected chi connectivity index (χ0v) is 7.04. The van der Waals surface area contributed by atoms with E-state index in [0.29, 0.717) is 0 Å². The molecule has 0 aliphatic heterocycles. The Bertz CT molecular complexity index is 563. The third-order valence-electron chi connectivity index (χ3n) is 2.39. The summed E-state index contributed by atoms with van der Waals surface area (Å²) in [6, 6.07) is 15.5. The Kier molecular flexibility index (Phi) is 1.22. The van der Waals surface area contributed by atoms with Gasteiger partial charge in [0.25, 0.3) is 0 Å². The van der Waals surface area contributed by atoms with E-state index in [2.05, 4.69) is 35.3 Å². The second-order valence-corrected chi connectivity index (χ2v) is 3.15. The predicted molar refractivity (Wildman–Crippen MR) is 54.6 cm³/mol. The molecule has 13 heavy (non-hydrogen) atoms. The van der Waals surface area contributed by atoms with Gasteiger partial charge < -0.3 is 4.98 Å². The van der Waals surface area contributed by atoms with E-state index in [4.69, 9.17) is 0 Å². The second kappa shape index (κ2) is 2.36. The van der Waals surface area contributed by atoms with Gasteiger partial charge in [0.2, 0.25) is 0 Å². The molecule has 0 bridgehead atoms. The summed E-state index contributed by atoms with van der Waals surface area (Å²) in [5, 5.41) is 3.82. The van der Waals surface area contributed by atoms with E-state index in [1.165, 1.54) is 21.7 Å². The van der Waals surface area contributed by atoms with Gasteiger partial charge in [0.15, 0.2) is 0 Å². The molecule has 0 fully saturated rings. The molecule has 0 saturated carbocycles. The number of hydrogen-bond acceptors (Lipinski definition) is 0. The Balaban J connectivity index is 2.65. The minimum Gasteiger partial charge on any atom is -0.361 e. The van der Waals surface area contributed by atoms with Crippen molar-refractivity contribution in [2.45, 2.75) is 0 Å². The van der Waals surface area contributed by atoms with Gasteiger partial charge in [-0.2, -0.15) is 0 Å². The van der Waals surface area contributed by atoms with Crippen molar-refractivity contribution in [3.63, 3.8) is 0 Å². The van der Waals surface area contributed by atoms with Crippen LogP contribution in [0.3, 0.4) is 0 Å². The SMILES string of the molecule is [c]1ccc2c(c1)ccc1[nH]ccc12. The lowest BCUT2D eigenvalue weighted by molar-refractivity contribution is 1.48. The van der Waals surface area contributed by atoms with Gasteiger partial charge in [0, 0.05) is 17.1 Å². The Morgan fingerprint density at radius 3 is 3.00 bits per heavy atom. The van der Waals surface area contributed by atoms with Crippen molar-refractivity contribution in [3.8, 4) is 0 Å². The van der Waals surface area contributed by atoms with E-state index >= 15 is 0 Å². The summed E-state index contributed by atoms with van der Waals surface area (Å²) in [6.07, 6.45) is 1.97. The van der Waals surface area contributed by atoms with Gasteiger partial charge in [0.05, 0.1) is 0 Å². The van der Waals surface area contributed by atoms with Crippen molar-refractivity contribution in [3.05, 3.63) is 48.7 Å². The van der Waals surface area contributed by atoms with E-state index < -0.39 is 0 Å². The molecule has 1 nitrogen and oxygen atoms in total. The van der Waals surface area contributed by atoms with Crippen LogP contribution in [0.5, 0.6) is 0 Å². The lowest BCUT2D eigenvalue weighted by Gasteiger charge is -1.97. The van der Waals surface area contributed by atoms with Crippen LogP contribution >= 0.6 is 0 Å². The first-order chi connectivity index (χ1) is 6.45. The van der Waals surface area contributed by atoms with Crippen LogP contribution in [0.1, 0.15) is 0 Å². The Morgan fingerprint density at radius 1 is 1.00 bits per heavy atom. The molecule has 1 radical (unpaired) electrons. The topological polar surface area (TPSA) is 15.8 Å². The van der Waals surface area contributed by atoms with E-state index in [1.54, 1.807) is 0 Å². The molecule has 0 saturated heterocycles. The third-order valence-corrected chi connectivity index (χ3v) is 2.39. The van der Waals surface area contributed by atoms with Crippen LogP contribution in [0.2, 0.25) is 0 Å². The van der Waals surface area contributed by atoms with Crippen molar-refractivity contribution in [2.75, 3.05) is 0 Å². The fraction of sp³-hybridized carbons (Fsp3) is 0. The Morgan fingerprint density at radius 2 is 2.00 bits per heavy atom.